The minimum absolute atomic E-state index is 0.294. The van der Waals surface area contributed by atoms with Gasteiger partial charge < -0.3 is 9.80 Å². The average Bonchev–Trinajstić information content (AvgIpc) is 2.81. The van der Waals surface area contributed by atoms with Crippen LogP contribution in [0, 0.1) is 0 Å². The predicted molar refractivity (Wildman–Crippen MR) is 78.7 cm³/mol. The highest BCUT2D eigenvalue weighted by Gasteiger charge is 2.30. The Kier molecular flexibility index (Phi) is 3.87. The van der Waals surface area contributed by atoms with E-state index in [-0.39, 0.29) is 0 Å². The van der Waals surface area contributed by atoms with Crippen molar-refractivity contribution in [3.8, 4) is 0 Å². The van der Waals surface area contributed by atoms with Gasteiger partial charge in [0.1, 0.15) is 5.82 Å². The van der Waals surface area contributed by atoms with Crippen LogP contribution in [0.15, 0.2) is 24.4 Å². The zero-order chi connectivity index (χ0) is 13.9. The summed E-state index contributed by atoms with van der Waals surface area (Å²) in [7, 11) is 1.93. The van der Waals surface area contributed by atoms with Gasteiger partial charge in [-0.2, -0.15) is 0 Å². The predicted octanol–water partition coefficient (Wildman–Crippen LogP) is 0.824. The Bertz CT molecular complexity index is 456. The smallest absolute Gasteiger partial charge is 0.222 e. The lowest BCUT2D eigenvalue weighted by atomic mass is 10.2. The first-order chi connectivity index (χ1) is 9.74. The summed E-state index contributed by atoms with van der Waals surface area (Å²) in [5.41, 5.74) is 0. The van der Waals surface area contributed by atoms with Crippen LogP contribution in [0.4, 0.5) is 5.82 Å². The van der Waals surface area contributed by atoms with E-state index in [1.54, 1.807) is 0 Å². The van der Waals surface area contributed by atoms with Crippen LogP contribution in [-0.2, 0) is 4.79 Å². The molecule has 3 rings (SSSR count). The third-order valence-corrected chi connectivity index (χ3v) is 4.45. The molecule has 20 heavy (non-hydrogen) atoms. The first-order valence-electron chi connectivity index (χ1n) is 7.38. The highest BCUT2D eigenvalue weighted by atomic mass is 16.2. The topological polar surface area (TPSA) is 39.7 Å². The molecule has 0 N–H and O–H groups in total. The molecule has 0 aliphatic carbocycles. The van der Waals surface area contributed by atoms with E-state index in [0.717, 1.165) is 51.4 Å². The molecule has 0 aromatic carbocycles. The van der Waals surface area contributed by atoms with Crippen LogP contribution < -0.4 is 4.90 Å². The van der Waals surface area contributed by atoms with Crippen LogP contribution in [0.3, 0.4) is 0 Å². The molecular weight excluding hydrogens is 252 g/mol. The molecule has 0 spiro atoms. The molecule has 2 fully saturated rings. The number of piperazine rings is 1. The van der Waals surface area contributed by atoms with Crippen LogP contribution >= 0.6 is 0 Å². The molecule has 1 aromatic rings. The van der Waals surface area contributed by atoms with Crippen molar-refractivity contribution in [2.24, 2.45) is 0 Å². The fraction of sp³-hybridized carbons (Fsp3) is 0.600. The Morgan fingerprint density at radius 1 is 1.25 bits per heavy atom. The summed E-state index contributed by atoms with van der Waals surface area (Å²) in [6.07, 6.45) is 3.58. The fourth-order valence-corrected chi connectivity index (χ4v) is 3.08. The number of aromatic nitrogens is 1. The largest absolute Gasteiger partial charge is 0.354 e. The molecule has 1 atom stereocenters. The zero-order valence-corrected chi connectivity index (χ0v) is 12.0. The first kappa shape index (κ1) is 13.4. The molecule has 0 unspecified atom stereocenters. The highest BCUT2D eigenvalue weighted by Crippen LogP contribution is 2.19. The van der Waals surface area contributed by atoms with E-state index in [9.17, 15) is 4.79 Å². The number of likely N-dealkylation sites (tertiary alicyclic amines) is 1. The second-order valence-electron chi connectivity index (χ2n) is 5.67. The summed E-state index contributed by atoms with van der Waals surface area (Å²) in [5.74, 6) is 1.36. The van der Waals surface area contributed by atoms with Crippen molar-refractivity contribution < 1.29 is 4.79 Å². The number of carbonyl (C=O) groups is 1. The molecule has 0 radical (unpaired) electrons. The van der Waals surface area contributed by atoms with Gasteiger partial charge in [-0.05, 0) is 18.6 Å². The maximum absolute atomic E-state index is 11.6. The Morgan fingerprint density at radius 2 is 2.05 bits per heavy atom. The van der Waals surface area contributed by atoms with Crippen molar-refractivity contribution in [1.29, 1.82) is 0 Å². The Labute approximate surface area is 120 Å². The summed E-state index contributed by atoms with van der Waals surface area (Å²) in [6.45, 7) is 5.14. The number of anilines is 1. The maximum Gasteiger partial charge on any atom is 0.222 e. The summed E-state index contributed by atoms with van der Waals surface area (Å²) < 4.78 is 0. The normalized spacial score (nSPS) is 24.4. The molecule has 1 aromatic heterocycles. The van der Waals surface area contributed by atoms with E-state index in [0.29, 0.717) is 11.9 Å². The van der Waals surface area contributed by atoms with Crippen LogP contribution in [0.5, 0.6) is 0 Å². The van der Waals surface area contributed by atoms with Crippen molar-refractivity contribution in [2.75, 3.05) is 44.7 Å². The molecular formula is C15H22N4O. The van der Waals surface area contributed by atoms with E-state index in [1.807, 2.05) is 30.3 Å². The second-order valence-corrected chi connectivity index (χ2v) is 5.67. The number of likely N-dealkylation sites (N-methyl/N-ethyl adjacent to an activating group) is 1. The monoisotopic (exact) mass is 274 g/mol. The van der Waals surface area contributed by atoms with Gasteiger partial charge in [-0.3, -0.25) is 9.69 Å². The number of carbonyl (C=O) groups excluding carboxylic acids is 1. The minimum atomic E-state index is 0.294. The number of hydrogen-bond donors (Lipinski definition) is 0. The molecule has 0 bridgehead atoms. The molecule has 5 nitrogen and oxygen atoms in total. The molecule has 2 aliphatic heterocycles. The van der Waals surface area contributed by atoms with E-state index in [4.69, 9.17) is 0 Å². The molecule has 3 heterocycles. The van der Waals surface area contributed by atoms with Crippen molar-refractivity contribution in [2.45, 2.75) is 18.9 Å². The minimum Gasteiger partial charge on any atom is -0.354 e. The Balaban J connectivity index is 1.50. The van der Waals surface area contributed by atoms with Crippen LogP contribution in [-0.4, -0.2) is 66.5 Å². The average molecular weight is 274 g/mol. The van der Waals surface area contributed by atoms with Gasteiger partial charge in [0.15, 0.2) is 0 Å². The number of amides is 1. The molecule has 108 valence electrons. The van der Waals surface area contributed by atoms with Gasteiger partial charge in [-0.1, -0.05) is 6.07 Å². The van der Waals surface area contributed by atoms with E-state index in [1.165, 1.54) is 0 Å². The number of hydrogen-bond acceptors (Lipinski definition) is 4. The molecule has 5 heteroatoms. The Morgan fingerprint density at radius 3 is 2.65 bits per heavy atom. The summed E-state index contributed by atoms with van der Waals surface area (Å²) in [5, 5.41) is 0. The van der Waals surface area contributed by atoms with Crippen LogP contribution in [0.2, 0.25) is 0 Å². The van der Waals surface area contributed by atoms with E-state index >= 15 is 0 Å². The number of nitrogens with zero attached hydrogens (tertiary/aromatic N) is 4. The maximum atomic E-state index is 11.6. The lowest BCUT2D eigenvalue weighted by Gasteiger charge is -2.37. The number of pyridine rings is 1. The van der Waals surface area contributed by atoms with Gasteiger partial charge in [-0.15, -0.1) is 0 Å². The molecule has 2 aliphatic rings. The van der Waals surface area contributed by atoms with Crippen molar-refractivity contribution in [1.82, 2.24) is 14.8 Å². The fourth-order valence-electron chi connectivity index (χ4n) is 3.08. The van der Waals surface area contributed by atoms with E-state index in [2.05, 4.69) is 20.9 Å². The van der Waals surface area contributed by atoms with Crippen molar-refractivity contribution in [3.05, 3.63) is 24.4 Å². The lowest BCUT2D eigenvalue weighted by molar-refractivity contribution is -0.127. The van der Waals surface area contributed by atoms with Crippen molar-refractivity contribution in [3.63, 3.8) is 0 Å². The van der Waals surface area contributed by atoms with Gasteiger partial charge in [0.2, 0.25) is 5.91 Å². The van der Waals surface area contributed by atoms with Gasteiger partial charge in [0.25, 0.3) is 0 Å². The zero-order valence-electron chi connectivity index (χ0n) is 12.0. The van der Waals surface area contributed by atoms with Gasteiger partial charge in [0, 0.05) is 58.4 Å². The molecule has 1 amide bonds. The van der Waals surface area contributed by atoms with Crippen LogP contribution in [0.1, 0.15) is 12.8 Å². The summed E-state index contributed by atoms with van der Waals surface area (Å²) in [6, 6.07) is 6.46. The summed E-state index contributed by atoms with van der Waals surface area (Å²) >= 11 is 0. The quantitative estimate of drug-likeness (QED) is 0.818. The molecule has 0 saturated carbocycles. The van der Waals surface area contributed by atoms with Gasteiger partial charge >= 0.3 is 0 Å². The highest BCUT2D eigenvalue weighted by molar-refractivity contribution is 5.78. The third kappa shape index (κ3) is 2.77. The third-order valence-electron chi connectivity index (χ3n) is 4.45. The van der Waals surface area contributed by atoms with Gasteiger partial charge in [-0.25, -0.2) is 4.98 Å². The summed E-state index contributed by atoms with van der Waals surface area (Å²) in [4.78, 5) is 22.7. The van der Waals surface area contributed by atoms with Gasteiger partial charge in [0.05, 0.1) is 0 Å². The number of rotatable bonds is 3. The standard InChI is InChI=1S/C15H22N4O/c1-17-13(5-6-15(17)20)12-18-8-10-19(11-9-18)14-4-2-3-7-16-14/h2-4,7,13H,5-6,8-12H2,1H3/t13-/m1/s1. The first-order valence-corrected chi connectivity index (χ1v) is 7.38. The second kappa shape index (κ2) is 5.79. The van der Waals surface area contributed by atoms with E-state index < -0.39 is 0 Å². The Hall–Kier alpha value is -1.62. The SMILES string of the molecule is CN1C(=O)CC[C@@H]1CN1CCN(c2ccccn2)CC1. The van der Waals surface area contributed by atoms with Crippen molar-refractivity contribution >= 4 is 11.7 Å². The lowest BCUT2D eigenvalue weighted by Crippen LogP contribution is -2.50. The molecule has 2 saturated heterocycles. The van der Waals surface area contributed by atoms with Crippen LogP contribution in [0.25, 0.3) is 0 Å².